The Morgan fingerprint density at radius 1 is 1.14 bits per heavy atom. The summed E-state index contributed by atoms with van der Waals surface area (Å²) in [6, 6.07) is 9.21. The van der Waals surface area contributed by atoms with Crippen LogP contribution < -0.4 is 5.32 Å². The molecule has 0 amide bonds. The van der Waals surface area contributed by atoms with Crippen molar-refractivity contribution in [3.63, 3.8) is 0 Å². The maximum absolute atomic E-state index is 13.0. The molecule has 0 aliphatic carbocycles. The molecule has 9 heteroatoms. The van der Waals surface area contributed by atoms with Gasteiger partial charge in [0.05, 0.1) is 5.75 Å². The molecule has 0 saturated carbocycles. The molecular formula is C13H18ClN5O2S. The highest BCUT2D eigenvalue weighted by atomic mass is 35.5. The Labute approximate surface area is 135 Å². The van der Waals surface area contributed by atoms with Gasteiger partial charge in [-0.3, -0.25) is 0 Å². The molecule has 0 spiro atoms. The lowest BCUT2D eigenvalue weighted by Crippen LogP contribution is -2.46. The second-order valence-electron chi connectivity index (χ2n) is 5.24. The van der Waals surface area contributed by atoms with Gasteiger partial charge in [0, 0.05) is 0 Å². The molecule has 1 aliphatic rings. The van der Waals surface area contributed by atoms with E-state index in [-0.39, 0.29) is 18.2 Å². The minimum absolute atomic E-state index is 0. The molecule has 120 valence electrons. The molecule has 1 aromatic heterocycles. The van der Waals surface area contributed by atoms with E-state index < -0.39 is 14.6 Å². The Hall–Kier alpha value is -1.51. The fraction of sp³-hybridized carbons (Fsp3) is 0.462. The average molecular weight is 344 g/mol. The molecule has 1 aromatic carbocycles. The van der Waals surface area contributed by atoms with Gasteiger partial charge in [-0.15, -0.1) is 17.5 Å². The van der Waals surface area contributed by atoms with E-state index in [0.29, 0.717) is 31.8 Å². The lowest BCUT2D eigenvalue weighted by Gasteiger charge is -2.34. The van der Waals surface area contributed by atoms with Crippen molar-refractivity contribution in [3.05, 3.63) is 41.7 Å². The van der Waals surface area contributed by atoms with Crippen LogP contribution in [0.1, 0.15) is 24.2 Å². The molecule has 2 N–H and O–H groups in total. The number of rotatable bonds is 4. The van der Waals surface area contributed by atoms with E-state index in [1.807, 2.05) is 30.3 Å². The number of sulfone groups is 1. The summed E-state index contributed by atoms with van der Waals surface area (Å²) in [5, 5.41) is 16.9. The molecular weight excluding hydrogens is 326 g/mol. The topological polar surface area (TPSA) is 101 Å². The standard InChI is InChI=1S/C13H17N5O2S.ClH/c19-21(20,10-11-4-2-1-3-5-11)13(6-8-14-9-7-13)12-15-17-18-16-12;/h1-5,14H,6-10H2,(H,15,16,17,18);1H. The van der Waals surface area contributed by atoms with Crippen molar-refractivity contribution >= 4 is 22.2 Å². The molecule has 3 rings (SSSR count). The number of benzene rings is 1. The van der Waals surface area contributed by atoms with E-state index in [2.05, 4.69) is 25.9 Å². The van der Waals surface area contributed by atoms with E-state index in [9.17, 15) is 8.42 Å². The van der Waals surface area contributed by atoms with Crippen LogP contribution in [0.15, 0.2) is 30.3 Å². The number of hydrogen-bond acceptors (Lipinski definition) is 6. The van der Waals surface area contributed by atoms with Gasteiger partial charge in [-0.25, -0.2) is 13.5 Å². The number of nitrogens with one attached hydrogen (secondary N) is 2. The van der Waals surface area contributed by atoms with E-state index in [1.54, 1.807) is 0 Å². The predicted molar refractivity (Wildman–Crippen MR) is 84.3 cm³/mol. The largest absolute Gasteiger partial charge is 0.317 e. The maximum atomic E-state index is 13.0. The molecule has 0 unspecified atom stereocenters. The number of aromatic nitrogens is 4. The molecule has 22 heavy (non-hydrogen) atoms. The van der Waals surface area contributed by atoms with Crippen LogP contribution in [0.5, 0.6) is 0 Å². The molecule has 7 nitrogen and oxygen atoms in total. The molecule has 2 aromatic rings. The fourth-order valence-electron chi connectivity index (χ4n) is 2.81. The second-order valence-corrected chi connectivity index (χ2v) is 7.54. The Balaban J connectivity index is 0.00000176. The number of nitrogens with zero attached hydrogens (tertiary/aromatic N) is 3. The van der Waals surface area contributed by atoms with Gasteiger partial charge in [-0.1, -0.05) is 30.3 Å². The summed E-state index contributed by atoms with van der Waals surface area (Å²) in [4.78, 5) is 0. The Kier molecular flexibility index (Phi) is 5.15. The van der Waals surface area contributed by atoms with Gasteiger partial charge in [0.25, 0.3) is 0 Å². The normalized spacial score (nSPS) is 17.6. The summed E-state index contributed by atoms with van der Waals surface area (Å²) >= 11 is 0. The van der Waals surface area contributed by atoms with Crippen molar-refractivity contribution in [2.45, 2.75) is 23.3 Å². The Morgan fingerprint density at radius 2 is 1.82 bits per heavy atom. The van der Waals surface area contributed by atoms with E-state index in [4.69, 9.17) is 0 Å². The zero-order valence-corrected chi connectivity index (χ0v) is 13.5. The summed E-state index contributed by atoms with van der Waals surface area (Å²) in [6.07, 6.45) is 0.943. The van der Waals surface area contributed by atoms with Gasteiger partial charge >= 0.3 is 0 Å². The van der Waals surface area contributed by atoms with Crippen LogP contribution in [0.4, 0.5) is 0 Å². The summed E-state index contributed by atoms with van der Waals surface area (Å²) in [5.41, 5.74) is 0.780. The first-order chi connectivity index (χ1) is 10.1. The minimum atomic E-state index is -3.43. The Bertz CT molecular complexity index is 684. The third-order valence-corrected chi connectivity index (χ3v) is 6.49. The van der Waals surface area contributed by atoms with Gasteiger partial charge in [0.1, 0.15) is 4.75 Å². The number of tetrazole rings is 1. The van der Waals surface area contributed by atoms with Crippen LogP contribution in [0.3, 0.4) is 0 Å². The number of halogens is 1. The third kappa shape index (κ3) is 2.99. The van der Waals surface area contributed by atoms with E-state index in [0.717, 1.165) is 5.56 Å². The number of aromatic amines is 1. The van der Waals surface area contributed by atoms with Gasteiger partial charge in [0.2, 0.25) is 0 Å². The second kappa shape index (κ2) is 6.72. The SMILES string of the molecule is Cl.O=S(=O)(Cc1ccccc1)C1(c2nnn[nH]2)CCNCC1. The van der Waals surface area contributed by atoms with Crippen LogP contribution in [-0.2, 0) is 20.3 Å². The Morgan fingerprint density at radius 3 is 2.41 bits per heavy atom. The highest BCUT2D eigenvalue weighted by Gasteiger charge is 2.48. The highest BCUT2D eigenvalue weighted by molar-refractivity contribution is 7.91. The monoisotopic (exact) mass is 343 g/mol. The van der Waals surface area contributed by atoms with Crippen LogP contribution in [0.25, 0.3) is 0 Å². The van der Waals surface area contributed by atoms with Gasteiger partial charge < -0.3 is 5.32 Å². The van der Waals surface area contributed by atoms with Gasteiger partial charge in [-0.2, -0.15) is 0 Å². The van der Waals surface area contributed by atoms with Crippen molar-refractivity contribution in [2.75, 3.05) is 13.1 Å². The summed E-state index contributed by atoms with van der Waals surface area (Å²) in [5.74, 6) is 0.342. The molecule has 1 aliphatic heterocycles. The molecule has 0 radical (unpaired) electrons. The minimum Gasteiger partial charge on any atom is -0.317 e. The van der Waals surface area contributed by atoms with Crippen LogP contribution in [0, 0.1) is 0 Å². The van der Waals surface area contributed by atoms with Crippen LogP contribution >= 0.6 is 12.4 Å². The molecule has 2 heterocycles. The summed E-state index contributed by atoms with van der Waals surface area (Å²) in [7, 11) is -3.43. The van der Waals surface area contributed by atoms with Crippen molar-refractivity contribution in [1.29, 1.82) is 0 Å². The number of H-pyrrole nitrogens is 1. The zero-order chi connectivity index (χ0) is 14.8. The third-order valence-electron chi connectivity index (χ3n) is 3.98. The predicted octanol–water partition coefficient (Wildman–Crippen LogP) is 0.815. The summed E-state index contributed by atoms with van der Waals surface area (Å²) < 4.78 is 25.0. The zero-order valence-electron chi connectivity index (χ0n) is 11.9. The lowest BCUT2D eigenvalue weighted by molar-refractivity contribution is 0.380. The van der Waals surface area contributed by atoms with Crippen LogP contribution in [-0.4, -0.2) is 42.1 Å². The van der Waals surface area contributed by atoms with E-state index in [1.165, 1.54) is 0 Å². The molecule has 0 bridgehead atoms. The maximum Gasteiger partial charge on any atom is 0.170 e. The van der Waals surface area contributed by atoms with Crippen molar-refractivity contribution in [2.24, 2.45) is 0 Å². The number of piperidine rings is 1. The first kappa shape index (κ1) is 16.9. The average Bonchev–Trinajstić information content (AvgIpc) is 3.03. The van der Waals surface area contributed by atoms with Crippen molar-refractivity contribution in [3.8, 4) is 0 Å². The van der Waals surface area contributed by atoms with Crippen molar-refractivity contribution < 1.29 is 8.42 Å². The van der Waals surface area contributed by atoms with Crippen molar-refractivity contribution in [1.82, 2.24) is 25.9 Å². The van der Waals surface area contributed by atoms with Gasteiger partial charge in [-0.05, 0) is 41.9 Å². The first-order valence-electron chi connectivity index (χ1n) is 6.85. The van der Waals surface area contributed by atoms with Crippen LogP contribution in [0.2, 0.25) is 0 Å². The fourth-order valence-corrected chi connectivity index (χ4v) is 4.92. The quantitative estimate of drug-likeness (QED) is 0.852. The van der Waals surface area contributed by atoms with E-state index >= 15 is 0 Å². The van der Waals surface area contributed by atoms with Gasteiger partial charge in [0.15, 0.2) is 15.7 Å². The summed E-state index contributed by atoms with van der Waals surface area (Å²) in [6.45, 7) is 1.27. The first-order valence-corrected chi connectivity index (χ1v) is 8.50. The molecule has 0 atom stereocenters. The molecule has 1 fully saturated rings. The number of hydrogen-bond donors (Lipinski definition) is 2. The smallest absolute Gasteiger partial charge is 0.170 e. The highest BCUT2D eigenvalue weighted by Crippen LogP contribution is 2.38. The molecule has 1 saturated heterocycles. The lowest BCUT2D eigenvalue weighted by atomic mass is 9.96.